The predicted molar refractivity (Wildman–Crippen MR) is 128 cm³/mol. The Kier molecular flexibility index (Phi) is 8.00. The highest BCUT2D eigenvalue weighted by Crippen LogP contribution is 2.43. The Morgan fingerprint density at radius 2 is 1.73 bits per heavy atom. The van der Waals surface area contributed by atoms with E-state index in [0.29, 0.717) is 40.7 Å². The van der Waals surface area contributed by atoms with Crippen LogP contribution in [0.25, 0.3) is 5.76 Å². The number of benzene rings is 2. The van der Waals surface area contributed by atoms with Crippen LogP contribution in [0.15, 0.2) is 48.0 Å². The molecule has 1 atom stereocenters. The molecule has 176 valence electrons. The Bertz CT molecular complexity index is 1050. The second kappa shape index (κ2) is 10.7. The highest BCUT2D eigenvalue weighted by atomic mass is 35.5. The number of carbonyl (C=O) groups is 2. The maximum atomic E-state index is 13.2. The van der Waals surface area contributed by atoms with Crippen molar-refractivity contribution >= 4 is 29.1 Å². The Morgan fingerprint density at radius 3 is 2.30 bits per heavy atom. The number of ether oxygens (including phenoxy) is 2. The van der Waals surface area contributed by atoms with Gasteiger partial charge in [-0.1, -0.05) is 25.4 Å². The summed E-state index contributed by atoms with van der Waals surface area (Å²) in [6, 6.07) is 10.8. The van der Waals surface area contributed by atoms with Gasteiger partial charge in [0, 0.05) is 29.2 Å². The molecule has 33 heavy (non-hydrogen) atoms. The number of likely N-dealkylation sites (tertiary alicyclic amines) is 1. The summed E-state index contributed by atoms with van der Waals surface area (Å²) >= 11 is 5.98. The second-order valence-corrected chi connectivity index (χ2v) is 8.07. The van der Waals surface area contributed by atoms with Crippen molar-refractivity contribution in [2.45, 2.75) is 19.9 Å². The Balaban J connectivity index is 2.19. The van der Waals surface area contributed by atoms with Crippen molar-refractivity contribution in [3.05, 3.63) is 64.2 Å². The summed E-state index contributed by atoms with van der Waals surface area (Å²) in [5, 5.41) is 11.7. The van der Waals surface area contributed by atoms with E-state index < -0.39 is 17.7 Å². The molecule has 1 amide bonds. The summed E-state index contributed by atoms with van der Waals surface area (Å²) in [4.78, 5) is 30.0. The van der Waals surface area contributed by atoms with E-state index in [-0.39, 0.29) is 11.3 Å². The molecule has 0 spiro atoms. The van der Waals surface area contributed by atoms with Gasteiger partial charge in [-0.15, -0.1) is 0 Å². The van der Waals surface area contributed by atoms with Gasteiger partial charge in [0.1, 0.15) is 17.3 Å². The molecule has 0 saturated carbocycles. The average Bonchev–Trinajstić information content (AvgIpc) is 3.09. The van der Waals surface area contributed by atoms with Crippen LogP contribution >= 0.6 is 11.6 Å². The number of halogens is 1. The number of carbonyl (C=O) groups excluding carboxylic acids is 2. The van der Waals surface area contributed by atoms with Gasteiger partial charge in [-0.25, -0.2) is 0 Å². The molecule has 2 aromatic carbocycles. The third kappa shape index (κ3) is 4.99. The highest BCUT2D eigenvalue weighted by Gasteiger charge is 2.47. The number of hydrogen-bond acceptors (Lipinski definition) is 6. The summed E-state index contributed by atoms with van der Waals surface area (Å²) in [6.45, 7) is 6.62. The molecule has 7 nitrogen and oxygen atoms in total. The number of aliphatic hydroxyl groups excluding tert-OH is 1. The van der Waals surface area contributed by atoms with E-state index in [1.165, 1.54) is 19.1 Å². The summed E-state index contributed by atoms with van der Waals surface area (Å²) in [5.74, 6) is -0.626. The van der Waals surface area contributed by atoms with E-state index in [9.17, 15) is 14.7 Å². The van der Waals surface area contributed by atoms with Crippen molar-refractivity contribution in [3.8, 4) is 11.5 Å². The zero-order valence-electron chi connectivity index (χ0n) is 19.3. The van der Waals surface area contributed by atoms with Crippen LogP contribution in [0.2, 0.25) is 5.02 Å². The molecule has 8 heteroatoms. The van der Waals surface area contributed by atoms with Crippen LogP contribution in [-0.4, -0.2) is 67.0 Å². The summed E-state index contributed by atoms with van der Waals surface area (Å²) < 4.78 is 10.9. The van der Waals surface area contributed by atoms with Crippen LogP contribution in [0.5, 0.6) is 11.5 Å². The second-order valence-electron chi connectivity index (χ2n) is 7.63. The monoisotopic (exact) mass is 472 g/mol. The van der Waals surface area contributed by atoms with Gasteiger partial charge >= 0.3 is 0 Å². The first kappa shape index (κ1) is 24.6. The van der Waals surface area contributed by atoms with Crippen LogP contribution in [0, 0.1) is 0 Å². The first-order valence-electron chi connectivity index (χ1n) is 10.8. The molecule has 1 saturated heterocycles. The molecule has 1 unspecified atom stereocenters. The third-order valence-electron chi connectivity index (χ3n) is 5.94. The smallest absolute Gasteiger partial charge is 0.295 e. The lowest BCUT2D eigenvalue weighted by Crippen LogP contribution is -2.38. The molecule has 2 aromatic rings. The molecule has 1 fully saturated rings. The number of Topliss-reactive ketones (excluding diaryl/α,β-unsaturated/α-hetero) is 1. The van der Waals surface area contributed by atoms with E-state index in [1.807, 2.05) is 13.8 Å². The molecule has 1 N–H and O–H groups in total. The number of likely N-dealkylation sites (N-methyl/N-ethyl adjacent to an activating group) is 1. The highest BCUT2D eigenvalue weighted by molar-refractivity contribution is 6.46. The quantitative estimate of drug-likeness (QED) is 0.336. The fourth-order valence-corrected chi connectivity index (χ4v) is 4.17. The van der Waals surface area contributed by atoms with Crippen molar-refractivity contribution in [3.63, 3.8) is 0 Å². The molecule has 3 rings (SSSR count). The number of rotatable bonds is 9. The Morgan fingerprint density at radius 1 is 1.06 bits per heavy atom. The number of amides is 1. The number of aliphatic hydroxyl groups is 1. The van der Waals surface area contributed by atoms with Crippen LogP contribution in [0.1, 0.15) is 31.0 Å². The fourth-order valence-electron chi connectivity index (χ4n) is 4.04. The van der Waals surface area contributed by atoms with Crippen LogP contribution in [0.4, 0.5) is 0 Å². The van der Waals surface area contributed by atoms with Crippen molar-refractivity contribution in [1.29, 1.82) is 0 Å². The normalized spacial score (nSPS) is 17.6. The van der Waals surface area contributed by atoms with E-state index in [2.05, 4.69) is 4.90 Å². The fraction of sp³-hybridized carbons (Fsp3) is 0.360. The zero-order valence-corrected chi connectivity index (χ0v) is 20.1. The number of ketones is 1. The number of hydrogen-bond donors (Lipinski definition) is 1. The molecular formula is C25H29ClN2O5. The van der Waals surface area contributed by atoms with Crippen LogP contribution < -0.4 is 9.47 Å². The van der Waals surface area contributed by atoms with E-state index in [1.54, 1.807) is 42.5 Å². The Hall–Kier alpha value is -3.03. The SMILES string of the molecule is CCN(CC)CCN1C(=O)C(=O)/C(=C(/O)c2ccc(Cl)cc2)C1c1cc(OC)ccc1OC. The first-order chi connectivity index (χ1) is 15.9. The molecule has 0 aromatic heterocycles. The minimum Gasteiger partial charge on any atom is -0.507 e. The van der Waals surface area contributed by atoms with Gasteiger partial charge in [-0.3, -0.25) is 9.59 Å². The topological polar surface area (TPSA) is 79.3 Å². The van der Waals surface area contributed by atoms with Crippen LogP contribution in [-0.2, 0) is 9.59 Å². The number of nitrogens with zero attached hydrogens (tertiary/aromatic N) is 2. The molecule has 0 bridgehead atoms. The van der Waals surface area contributed by atoms with Gasteiger partial charge in [0.05, 0.1) is 25.8 Å². The van der Waals surface area contributed by atoms with Crippen molar-refractivity contribution < 1.29 is 24.2 Å². The van der Waals surface area contributed by atoms with E-state index in [4.69, 9.17) is 21.1 Å². The lowest BCUT2D eigenvalue weighted by atomic mass is 9.94. The summed E-state index contributed by atoms with van der Waals surface area (Å²) in [6.07, 6.45) is 0. The van der Waals surface area contributed by atoms with E-state index >= 15 is 0 Å². The Labute approximate surface area is 199 Å². The maximum absolute atomic E-state index is 13.2. The molecular weight excluding hydrogens is 444 g/mol. The van der Waals surface area contributed by atoms with Gasteiger partial charge in [-0.2, -0.15) is 0 Å². The molecule has 1 aliphatic heterocycles. The molecule has 0 radical (unpaired) electrons. The van der Waals surface area contributed by atoms with Crippen molar-refractivity contribution in [1.82, 2.24) is 9.80 Å². The zero-order chi connectivity index (χ0) is 24.1. The predicted octanol–water partition coefficient (Wildman–Crippen LogP) is 4.12. The van der Waals surface area contributed by atoms with Gasteiger partial charge in [0.2, 0.25) is 0 Å². The first-order valence-corrected chi connectivity index (χ1v) is 11.2. The standard InChI is InChI=1S/C25H29ClN2O5/c1-5-27(6-2)13-14-28-22(19-15-18(32-3)11-12-20(19)33-4)21(24(30)25(28)31)23(29)16-7-9-17(26)10-8-16/h7-12,15,22,29H,5-6,13-14H2,1-4H3/b23-21+. The largest absolute Gasteiger partial charge is 0.507 e. The van der Waals surface area contributed by atoms with Gasteiger partial charge in [0.15, 0.2) is 0 Å². The van der Waals surface area contributed by atoms with Crippen LogP contribution in [0.3, 0.4) is 0 Å². The van der Waals surface area contributed by atoms with Crippen molar-refractivity contribution in [2.75, 3.05) is 40.4 Å². The minimum atomic E-state index is -0.832. The van der Waals surface area contributed by atoms with Gasteiger partial charge < -0.3 is 24.4 Å². The minimum absolute atomic E-state index is 0.00780. The molecule has 1 heterocycles. The summed E-state index contributed by atoms with van der Waals surface area (Å²) in [5.41, 5.74) is 0.965. The van der Waals surface area contributed by atoms with E-state index in [0.717, 1.165) is 13.1 Å². The lowest BCUT2D eigenvalue weighted by molar-refractivity contribution is -0.140. The maximum Gasteiger partial charge on any atom is 0.295 e. The molecule has 0 aliphatic carbocycles. The van der Waals surface area contributed by atoms with Crippen molar-refractivity contribution in [2.24, 2.45) is 0 Å². The number of methoxy groups -OCH3 is 2. The third-order valence-corrected chi connectivity index (χ3v) is 6.19. The lowest BCUT2D eigenvalue weighted by Gasteiger charge is -2.29. The molecule has 1 aliphatic rings. The van der Waals surface area contributed by atoms with Gasteiger partial charge in [0.25, 0.3) is 11.7 Å². The summed E-state index contributed by atoms with van der Waals surface area (Å²) in [7, 11) is 3.06. The average molecular weight is 473 g/mol. The van der Waals surface area contributed by atoms with Gasteiger partial charge in [-0.05, 0) is 55.6 Å².